The average Bonchev–Trinajstić information content (AvgIpc) is 2.99. The molecule has 0 saturated carbocycles. The Hall–Kier alpha value is -2.24. The number of hydrogen-bond acceptors (Lipinski definition) is 3. The number of carbonyl (C=O) groups excluding carboxylic acids is 1. The van der Waals surface area contributed by atoms with Crippen LogP contribution in [0.3, 0.4) is 0 Å². The van der Waals surface area contributed by atoms with E-state index in [2.05, 4.69) is 4.98 Å². The van der Waals surface area contributed by atoms with Gasteiger partial charge >= 0.3 is 0 Å². The van der Waals surface area contributed by atoms with E-state index in [4.69, 9.17) is 11.6 Å². The summed E-state index contributed by atoms with van der Waals surface area (Å²) in [7, 11) is 0. The highest BCUT2D eigenvalue weighted by molar-refractivity contribution is 6.31. The van der Waals surface area contributed by atoms with Gasteiger partial charge in [-0.15, -0.1) is 0 Å². The zero-order chi connectivity index (χ0) is 17.3. The van der Waals surface area contributed by atoms with E-state index in [0.29, 0.717) is 16.4 Å². The topological polar surface area (TPSA) is 55.1 Å². The van der Waals surface area contributed by atoms with Gasteiger partial charge in [0, 0.05) is 10.6 Å². The largest absolute Gasteiger partial charge is 0.390 e. The number of aliphatic hydroxyl groups is 1. The van der Waals surface area contributed by atoms with Crippen molar-refractivity contribution in [3.8, 4) is 0 Å². The number of imidazole rings is 1. The Morgan fingerprint density at radius 3 is 2.79 bits per heavy atom. The van der Waals surface area contributed by atoms with Crippen LogP contribution in [-0.2, 0) is 12.4 Å². The molecule has 1 aromatic carbocycles. The summed E-state index contributed by atoms with van der Waals surface area (Å²) in [6, 6.07) is 8.50. The molecule has 6 heteroatoms. The van der Waals surface area contributed by atoms with Crippen molar-refractivity contribution in [2.45, 2.75) is 19.3 Å². The summed E-state index contributed by atoms with van der Waals surface area (Å²) >= 11 is 6.03. The molecule has 3 rings (SSSR count). The van der Waals surface area contributed by atoms with Crippen LogP contribution in [-0.4, -0.2) is 20.4 Å². The van der Waals surface area contributed by atoms with E-state index >= 15 is 4.39 Å². The molecule has 0 radical (unpaired) electrons. The maximum atomic E-state index is 16.0. The van der Waals surface area contributed by atoms with Gasteiger partial charge in [0.05, 0.1) is 24.4 Å². The molecule has 2 aromatic rings. The number of aromatic nitrogens is 2. The Bertz CT molecular complexity index is 829. The first kappa shape index (κ1) is 16.6. The lowest BCUT2D eigenvalue weighted by atomic mass is 9.85. The molecule has 0 saturated heterocycles. The summed E-state index contributed by atoms with van der Waals surface area (Å²) in [5.74, 6) is -3.37. The van der Waals surface area contributed by atoms with E-state index < -0.39 is 17.5 Å². The first-order chi connectivity index (χ1) is 11.5. The van der Waals surface area contributed by atoms with Crippen LogP contribution in [0.15, 0.2) is 59.8 Å². The predicted octanol–water partition coefficient (Wildman–Crippen LogP) is 3.50. The summed E-state index contributed by atoms with van der Waals surface area (Å²) in [4.78, 5) is 17.0. The lowest BCUT2D eigenvalue weighted by Crippen LogP contribution is -2.41. The Kier molecular flexibility index (Phi) is 4.39. The second-order valence-electron chi connectivity index (χ2n) is 5.61. The fraction of sp³-hybridized carbons (Fsp3) is 0.222. The fourth-order valence-electron chi connectivity index (χ4n) is 2.96. The second kappa shape index (κ2) is 6.34. The molecule has 4 nitrogen and oxygen atoms in total. The minimum absolute atomic E-state index is 0.289. The number of carbonyl (C=O) groups is 1. The highest BCUT2D eigenvalue weighted by atomic mass is 35.5. The Balaban J connectivity index is 2.13. The Morgan fingerprint density at radius 2 is 2.12 bits per heavy atom. The van der Waals surface area contributed by atoms with Crippen LogP contribution in [0.2, 0.25) is 0 Å². The Labute approximate surface area is 143 Å². The standard InChI is InChI=1S/C18H16ClFN2O2/c1-12-21-10-15(11-23)22(12)18(20)8-7-14(19)9-16(18)17(24)13-5-3-2-4-6-13/h2-10,16,23H,11H2,1H3. The van der Waals surface area contributed by atoms with Crippen LogP contribution in [0.25, 0.3) is 0 Å². The highest BCUT2D eigenvalue weighted by Crippen LogP contribution is 2.40. The molecule has 124 valence electrons. The number of halogens is 2. The lowest BCUT2D eigenvalue weighted by molar-refractivity contribution is 0.0502. The van der Waals surface area contributed by atoms with Crippen molar-refractivity contribution in [2.24, 2.45) is 5.92 Å². The normalized spacial score (nSPS) is 23.2. The maximum absolute atomic E-state index is 16.0. The average molecular weight is 347 g/mol. The minimum atomic E-state index is -2.19. The van der Waals surface area contributed by atoms with Crippen LogP contribution in [0.1, 0.15) is 21.9 Å². The Morgan fingerprint density at radius 1 is 1.42 bits per heavy atom. The van der Waals surface area contributed by atoms with Gasteiger partial charge in [0.15, 0.2) is 5.78 Å². The SMILES string of the molecule is Cc1ncc(CO)n1C1(F)C=CC(Cl)=CC1C(=O)c1ccccc1. The molecular formula is C18H16ClFN2O2. The van der Waals surface area contributed by atoms with Crippen molar-refractivity contribution >= 4 is 17.4 Å². The van der Waals surface area contributed by atoms with E-state index in [1.165, 1.54) is 29.0 Å². The van der Waals surface area contributed by atoms with Gasteiger partial charge in [-0.3, -0.25) is 9.36 Å². The van der Waals surface area contributed by atoms with E-state index in [0.717, 1.165) is 0 Å². The van der Waals surface area contributed by atoms with E-state index in [-0.39, 0.29) is 12.3 Å². The summed E-state index contributed by atoms with van der Waals surface area (Å²) < 4.78 is 17.3. The van der Waals surface area contributed by atoms with E-state index in [1.807, 2.05) is 0 Å². The molecule has 0 spiro atoms. The number of hydrogen-bond donors (Lipinski definition) is 1. The molecule has 0 amide bonds. The first-order valence-corrected chi connectivity index (χ1v) is 7.84. The molecule has 1 heterocycles. The van der Waals surface area contributed by atoms with Crippen LogP contribution >= 0.6 is 11.6 Å². The third-order valence-electron chi connectivity index (χ3n) is 4.10. The molecule has 24 heavy (non-hydrogen) atoms. The van der Waals surface area contributed by atoms with Crippen molar-refractivity contribution in [2.75, 3.05) is 0 Å². The van der Waals surface area contributed by atoms with Gasteiger partial charge in [0.25, 0.3) is 0 Å². The summed E-state index contributed by atoms with van der Waals surface area (Å²) in [5, 5.41) is 9.79. The van der Waals surface area contributed by atoms with E-state index in [9.17, 15) is 9.90 Å². The van der Waals surface area contributed by atoms with Gasteiger partial charge in [0.2, 0.25) is 5.79 Å². The van der Waals surface area contributed by atoms with Gasteiger partial charge in [0.1, 0.15) is 5.82 Å². The van der Waals surface area contributed by atoms with Gasteiger partial charge in [-0.25, -0.2) is 9.37 Å². The summed E-state index contributed by atoms with van der Waals surface area (Å²) in [6.07, 6.45) is 5.46. The highest BCUT2D eigenvalue weighted by Gasteiger charge is 2.45. The molecule has 0 fully saturated rings. The van der Waals surface area contributed by atoms with Crippen molar-refractivity contribution in [1.29, 1.82) is 0 Å². The van der Waals surface area contributed by atoms with Crippen molar-refractivity contribution in [1.82, 2.24) is 9.55 Å². The second-order valence-corrected chi connectivity index (χ2v) is 6.05. The molecule has 0 bridgehead atoms. The minimum Gasteiger partial charge on any atom is -0.390 e. The quantitative estimate of drug-likeness (QED) is 0.862. The number of nitrogens with zero attached hydrogens (tertiary/aromatic N) is 2. The number of rotatable bonds is 4. The van der Waals surface area contributed by atoms with Crippen molar-refractivity contribution in [3.63, 3.8) is 0 Å². The number of alkyl halides is 1. The molecule has 2 atom stereocenters. The van der Waals surface area contributed by atoms with Crippen LogP contribution in [0, 0.1) is 12.8 Å². The number of aliphatic hydroxyl groups excluding tert-OH is 1. The molecule has 1 aromatic heterocycles. The smallest absolute Gasteiger partial charge is 0.220 e. The molecule has 2 unspecified atom stereocenters. The maximum Gasteiger partial charge on any atom is 0.220 e. The molecular weight excluding hydrogens is 331 g/mol. The van der Waals surface area contributed by atoms with Gasteiger partial charge < -0.3 is 5.11 Å². The first-order valence-electron chi connectivity index (χ1n) is 7.46. The molecule has 1 aliphatic carbocycles. The number of aryl methyl sites for hydroxylation is 1. The van der Waals surface area contributed by atoms with Crippen LogP contribution in [0.5, 0.6) is 0 Å². The number of allylic oxidation sites excluding steroid dienone is 4. The monoisotopic (exact) mass is 346 g/mol. The number of ketones is 1. The third-order valence-corrected chi connectivity index (χ3v) is 4.35. The summed E-state index contributed by atoms with van der Waals surface area (Å²) in [6.45, 7) is 1.24. The number of Topliss-reactive ketones (excluding diaryl/α,β-unsaturated/α-hetero) is 1. The third kappa shape index (κ3) is 2.70. The van der Waals surface area contributed by atoms with E-state index in [1.54, 1.807) is 37.3 Å². The van der Waals surface area contributed by atoms with Gasteiger partial charge in [-0.2, -0.15) is 0 Å². The van der Waals surface area contributed by atoms with Crippen LogP contribution < -0.4 is 0 Å². The van der Waals surface area contributed by atoms with Crippen LogP contribution in [0.4, 0.5) is 4.39 Å². The molecule has 1 aliphatic rings. The zero-order valence-corrected chi connectivity index (χ0v) is 13.7. The molecule has 1 N–H and O–H groups in total. The molecule has 0 aliphatic heterocycles. The van der Waals surface area contributed by atoms with Crippen molar-refractivity contribution < 1.29 is 14.3 Å². The van der Waals surface area contributed by atoms with Gasteiger partial charge in [-0.05, 0) is 25.2 Å². The zero-order valence-electron chi connectivity index (χ0n) is 13.0. The lowest BCUT2D eigenvalue weighted by Gasteiger charge is -2.34. The van der Waals surface area contributed by atoms with Gasteiger partial charge in [-0.1, -0.05) is 41.9 Å². The summed E-state index contributed by atoms with van der Waals surface area (Å²) in [5.41, 5.74) is 0.681. The van der Waals surface area contributed by atoms with Crippen molar-refractivity contribution in [3.05, 3.63) is 76.9 Å². The fourth-order valence-corrected chi connectivity index (χ4v) is 3.15. The number of benzene rings is 1. The predicted molar refractivity (Wildman–Crippen MR) is 89.3 cm³/mol.